The molecule has 1 saturated carbocycles. The Balaban J connectivity index is 1.53. The van der Waals surface area contributed by atoms with E-state index in [-0.39, 0.29) is 18.1 Å². The number of fused-ring (bicyclic) bond motifs is 1. The second kappa shape index (κ2) is 6.52. The average molecular weight is 320 g/mol. The standard InChI is InChI=1S/C16H20N2O3S/c1-10(19)21-12-6-5-11(9-12)17-16(22)18-14-3-2-4-15-13(14)7-8-20-15/h2-4,11-12H,5-9H2,1H3,(H2,17,18,22)/t11-,12?/m1/s1. The number of nitrogens with one attached hydrogen (secondary N) is 2. The summed E-state index contributed by atoms with van der Waals surface area (Å²) >= 11 is 5.40. The number of anilines is 1. The Hall–Kier alpha value is -1.82. The summed E-state index contributed by atoms with van der Waals surface area (Å²) in [6, 6.07) is 6.20. The van der Waals surface area contributed by atoms with Gasteiger partial charge >= 0.3 is 5.97 Å². The molecular formula is C16H20N2O3S. The number of rotatable bonds is 3. The van der Waals surface area contributed by atoms with Crippen LogP contribution in [0.2, 0.25) is 0 Å². The Kier molecular flexibility index (Phi) is 4.47. The van der Waals surface area contributed by atoms with Crippen molar-refractivity contribution in [3.8, 4) is 5.75 Å². The molecule has 1 heterocycles. The van der Waals surface area contributed by atoms with Gasteiger partial charge in [-0.05, 0) is 37.2 Å². The molecule has 1 fully saturated rings. The van der Waals surface area contributed by atoms with Gasteiger partial charge in [0.15, 0.2) is 5.11 Å². The third kappa shape index (κ3) is 3.50. The van der Waals surface area contributed by atoms with Crippen molar-refractivity contribution in [1.82, 2.24) is 5.32 Å². The minimum atomic E-state index is -0.216. The summed E-state index contributed by atoms with van der Waals surface area (Å²) < 4.78 is 10.8. The van der Waals surface area contributed by atoms with Crippen LogP contribution in [0.4, 0.5) is 5.69 Å². The van der Waals surface area contributed by atoms with E-state index < -0.39 is 0 Å². The number of carbonyl (C=O) groups is 1. The topological polar surface area (TPSA) is 59.6 Å². The van der Waals surface area contributed by atoms with Gasteiger partial charge in [-0.15, -0.1) is 0 Å². The lowest BCUT2D eigenvalue weighted by Gasteiger charge is -2.17. The zero-order chi connectivity index (χ0) is 15.5. The van der Waals surface area contributed by atoms with Gasteiger partial charge in [-0.3, -0.25) is 4.79 Å². The smallest absolute Gasteiger partial charge is 0.302 e. The molecule has 1 unspecified atom stereocenters. The third-order valence-electron chi connectivity index (χ3n) is 4.04. The lowest BCUT2D eigenvalue weighted by atomic mass is 10.1. The molecule has 1 aliphatic heterocycles. The molecule has 1 aliphatic carbocycles. The van der Waals surface area contributed by atoms with E-state index in [2.05, 4.69) is 10.6 Å². The van der Waals surface area contributed by atoms with Gasteiger partial charge in [0, 0.05) is 37.1 Å². The lowest BCUT2D eigenvalue weighted by Crippen LogP contribution is -2.36. The largest absolute Gasteiger partial charge is 0.493 e. The van der Waals surface area contributed by atoms with Crippen molar-refractivity contribution in [3.05, 3.63) is 23.8 Å². The van der Waals surface area contributed by atoms with Crippen LogP contribution in [-0.4, -0.2) is 29.8 Å². The van der Waals surface area contributed by atoms with Crippen LogP contribution in [0.1, 0.15) is 31.7 Å². The van der Waals surface area contributed by atoms with E-state index in [4.69, 9.17) is 21.7 Å². The molecule has 2 atom stereocenters. The summed E-state index contributed by atoms with van der Waals surface area (Å²) in [5.74, 6) is 0.717. The van der Waals surface area contributed by atoms with Gasteiger partial charge in [-0.25, -0.2) is 0 Å². The lowest BCUT2D eigenvalue weighted by molar-refractivity contribution is -0.145. The van der Waals surface area contributed by atoms with Crippen molar-refractivity contribution >= 4 is 29.0 Å². The van der Waals surface area contributed by atoms with Crippen LogP contribution in [0, 0.1) is 0 Å². The number of hydrogen-bond donors (Lipinski definition) is 2. The van der Waals surface area contributed by atoms with E-state index in [0.29, 0.717) is 5.11 Å². The SMILES string of the molecule is CC(=O)OC1CC[C@@H](NC(=S)Nc2cccc3c2CCO3)C1. The first-order valence-electron chi connectivity index (χ1n) is 7.61. The molecule has 0 amide bonds. The van der Waals surface area contributed by atoms with Gasteiger partial charge < -0.3 is 20.1 Å². The van der Waals surface area contributed by atoms with Gasteiger partial charge in [0.2, 0.25) is 0 Å². The monoisotopic (exact) mass is 320 g/mol. The third-order valence-corrected chi connectivity index (χ3v) is 4.26. The van der Waals surface area contributed by atoms with Gasteiger partial charge in [0.1, 0.15) is 11.9 Å². The predicted octanol–water partition coefficient (Wildman–Crippen LogP) is 2.39. The average Bonchev–Trinajstić information content (AvgIpc) is 3.07. The van der Waals surface area contributed by atoms with E-state index in [9.17, 15) is 4.79 Å². The van der Waals surface area contributed by atoms with Crippen molar-refractivity contribution in [2.24, 2.45) is 0 Å². The maximum Gasteiger partial charge on any atom is 0.302 e. The van der Waals surface area contributed by atoms with E-state index in [1.54, 1.807) is 0 Å². The summed E-state index contributed by atoms with van der Waals surface area (Å²) in [6.07, 6.45) is 3.55. The molecule has 0 aromatic heterocycles. The zero-order valence-corrected chi connectivity index (χ0v) is 13.4. The molecule has 1 aromatic rings. The van der Waals surface area contributed by atoms with E-state index in [1.165, 1.54) is 12.5 Å². The molecular weight excluding hydrogens is 300 g/mol. The Morgan fingerprint density at radius 1 is 1.41 bits per heavy atom. The number of benzene rings is 1. The number of ether oxygens (including phenoxy) is 2. The maximum atomic E-state index is 11.0. The Morgan fingerprint density at radius 2 is 2.27 bits per heavy atom. The normalized spacial score (nSPS) is 22.6. The quantitative estimate of drug-likeness (QED) is 0.659. The molecule has 5 nitrogen and oxygen atoms in total. The summed E-state index contributed by atoms with van der Waals surface area (Å²) in [6.45, 7) is 2.17. The summed E-state index contributed by atoms with van der Waals surface area (Å²) in [7, 11) is 0. The molecule has 118 valence electrons. The Labute approximate surface area is 135 Å². The van der Waals surface area contributed by atoms with E-state index in [0.717, 1.165) is 43.7 Å². The van der Waals surface area contributed by atoms with Crippen LogP contribution in [0.3, 0.4) is 0 Å². The molecule has 2 N–H and O–H groups in total. The molecule has 22 heavy (non-hydrogen) atoms. The molecule has 0 spiro atoms. The van der Waals surface area contributed by atoms with E-state index >= 15 is 0 Å². The minimum Gasteiger partial charge on any atom is -0.493 e. The van der Waals surface area contributed by atoms with Gasteiger partial charge in [-0.1, -0.05) is 6.07 Å². The highest BCUT2D eigenvalue weighted by atomic mass is 32.1. The summed E-state index contributed by atoms with van der Waals surface area (Å²) in [5.41, 5.74) is 2.18. The number of hydrogen-bond acceptors (Lipinski definition) is 4. The highest BCUT2D eigenvalue weighted by molar-refractivity contribution is 7.80. The van der Waals surface area contributed by atoms with Crippen molar-refractivity contribution in [1.29, 1.82) is 0 Å². The fourth-order valence-corrected chi connectivity index (χ4v) is 3.37. The van der Waals surface area contributed by atoms with E-state index in [1.807, 2.05) is 18.2 Å². The molecule has 0 saturated heterocycles. The molecule has 6 heteroatoms. The summed E-state index contributed by atoms with van der Waals surface area (Å²) in [5, 5.41) is 7.17. The van der Waals surface area contributed by atoms with Crippen LogP contribution in [0.15, 0.2) is 18.2 Å². The Bertz CT molecular complexity index is 591. The van der Waals surface area contributed by atoms with Crippen LogP contribution in [0.25, 0.3) is 0 Å². The molecule has 2 aliphatic rings. The number of esters is 1. The van der Waals surface area contributed by atoms with Crippen molar-refractivity contribution in [2.75, 3.05) is 11.9 Å². The Morgan fingerprint density at radius 3 is 3.09 bits per heavy atom. The second-order valence-electron chi connectivity index (χ2n) is 5.72. The predicted molar refractivity (Wildman–Crippen MR) is 88.2 cm³/mol. The summed E-state index contributed by atoms with van der Waals surface area (Å²) in [4.78, 5) is 11.0. The fraction of sp³-hybridized carbons (Fsp3) is 0.500. The maximum absolute atomic E-state index is 11.0. The molecule has 0 bridgehead atoms. The second-order valence-corrected chi connectivity index (χ2v) is 6.13. The number of thiocarbonyl (C=S) groups is 1. The van der Waals surface area contributed by atoms with Gasteiger partial charge in [0.25, 0.3) is 0 Å². The first kappa shape index (κ1) is 15.1. The number of carbonyl (C=O) groups excluding carboxylic acids is 1. The molecule has 3 rings (SSSR count). The zero-order valence-electron chi connectivity index (χ0n) is 12.6. The fourth-order valence-electron chi connectivity index (χ4n) is 3.10. The first-order valence-corrected chi connectivity index (χ1v) is 8.02. The highest BCUT2D eigenvalue weighted by Crippen LogP contribution is 2.31. The van der Waals surface area contributed by atoms with Crippen LogP contribution in [0.5, 0.6) is 5.75 Å². The van der Waals surface area contributed by atoms with Crippen LogP contribution < -0.4 is 15.4 Å². The molecule has 0 radical (unpaired) electrons. The minimum absolute atomic E-state index is 0.00664. The van der Waals surface area contributed by atoms with Crippen molar-refractivity contribution in [2.45, 2.75) is 44.8 Å². The first-order chi connectivity index (χ1) is 10.6. The van der Waals surface area contributed by atoms with Gasteiger partial charge in [-0.2, -0.15) is 0 Å². The van der Waals surface area contributed by atoms with Crippen LogP contribution in [-0.2, 0) is 16.0 Å². The highest BCUT2D eigenvalue weighted by Gasteiger charge is 2.27. The van der Waals surface area contributed by atoms with Gasteiger partial charge in [0.05, 0.1) is 6.61 Å². The molecule has 1 aromatic carbocycles. The van der Waals surface area contributed by atoms with Crippen LogP contribution >= 0.6 is 12.2 Å². The van der Waals surface area contributed by atoms with Crippen molar-refractivity contribution < 1.29 is 14.3 Å². The van der Waals surface area contributed by atoms with Crippen molar-refractivity contribution in [3.63, 3.8) is 0 Å².